The molecule has 146 valence electrons. The van der Waals surface area contributed by atoms with E-state index < -0.39 is 15.4 Å². The number of carbonyl (C=O) groups is 1. The molecule has 2 aromatic carbocycles. The lowest BCUT2D eigenvalue weighted by Crippen LogP contribution is -2.44. The SMILES string of the molecule is COC(C(=O)OCC(Cl)(Cl)Cl)(c1c(C)cccc1C)c1c(C)cccc1C. The van der Waals surface area contributed by atoms with Gasteiger partial charge in [0.05, 0.1) is 0 Å². The largest absolute Gasteiger partial charge is 0.458 e. The maximum absolute atomic E-state index is 13.4. The molecule has 0 radical (unpaired) electrons. The zero-order chi connectivity index (χ0) is 20.4. The first-order chi connectivity index (χ1) is 12.5. The molecule has 0 heterocycles. The summed E-state index contributed by atoms with van der Waals surface area (Å²) in [7, 11) is 1.49. The molecule has 0 N–H and O–H groups in total. The van der Waals surface area contributed by atoms with E-state index in [0.29, 0.717) is 0 Å². The highest BCUT2D eigenvalue weighted by atomic mass is 35.6. The van der Waals surface area contributed by atoms with Crippen LogP contribution in [0, 0.1) is 27.7 Å². The van der Waals surface area contributed by atoms with Crippen molar-refractivity contribution >= 4 is 40.8 Å². The van der Waals surface area contributed by atoms with Crippen LogP contribution in [0.2, 0.25) is 0 Å². The van der Waals surface area contributed by atoms with Gasteiger partial charge < -0.3 is 9.47 Å². The van der Waals surface area contributed by atoms with E-state index in [1.165, 1.54) is 7.11 Å². The number of carbonyl (C=O) groups excluding carboxylic acids is 1. The number of halogens is 3. The normalized spacial score (nSPS) is 12.1. The number of alkyl halides is 3. The van der Waals surface area contributed by atoms with E-state index in [9.17, 15) is 4.79 Å². The lowest BCUT2D eigenvalue weighted by atomic mass is 9.77. The number of benzene rings is 2. The Hall–Kier alpha value is -1.26. The monoisotopic (exact) mass is 428 g/mol. The molecule has 3 nitrogen and oxygen atoms in total. The quantitative estimate of drug-likeness (QED) is 0.450. The van der Waals surface area contributed by atoms with Crippen molar-refractivity contribution in [2.24, 2.45) is 0 Å². The smallest absolute Gasteiger partial charge is 0.348 e. The summed E-state index contributed by atoms with van der Waals surface area (Å²) in [6, 6.07) is 11.6. The Morgan fingerprint density at radius 1 is 0.852 bits per heavy atom. The summed E-state index contributed by atoms with van der Waals surface area (Å²) in [6.45, 7) is 7.37. The van der Waals surface area contributed by atoms with Gasteiger partial charge in [-0.2, -0.15) is 0 Å². The average molecular weight is 430 g/mol. The minimum Gasteiger partial charge on any atom is -0.458 e. The summed E-state index contributed by atoms with van der Waals surface area (Å²) in [4.78, 5) is 13.4. The third kappa shape index (κ3) is 4.43. The highest BCUT2D eigenvalue weighted by Crippen LogP contribution is 2.42. The standard InChI is InChI=1S/C21H23Cl3O3/c1-13-8-6-9-14(2)17(13)21(26-5,19(25)27-12-20(22,23)24)18-15(3)10-7-11-16(18)4/h6-11H,12H2,1-5H3. The van der Waals surface area contributed by atoms with Crippen molar-refractivity contribution in [1.82, 2.24) is 0 Å². The fraction of sp³-hybridized carbons (Fsp3) is 0.381. The fourth-order valence-corrected chi connectivity index (χ4v) is 3.77. The highest BCUT2D eigenvalue weighted by Gasteiger charge is 2.48. The maximum Gasteiger partial charge on any atom is 0.348 e. The van der Waals surface area contributed by atoms with E-state index in [-0.39, 0.29) is 6.61 Å². The molecule has 0 aliphatic heterocycles. The summed E-state index contributed by atoms with van der Waals surface area (Å²) in [5, 5.41) is 0. The van der Waals surface area contributed by atoms with E-state index >= 15 is 0 Å². The van der Waals surface area contributed by atoms with Crippen LogP contribution < -0.4 is 0 Å². The number of esters is 1. The van der Waals surface area contributed by atoms with Crippen LogP contribution in [-0.2, 0) is 19.9 Å². The highest BCUT2D eigenvalue weighted by molar-refractivity contribution is 6.67. The van der Waals surface area contributed by atoms with Gasteiger partial charge in [-0.1, -0.05) is 71.2 Å². The summed E-state index contributed by atoms with van der Waals surface area (Å²) in [5.74, 6) is -0.619. The second-order valence-corrected chi connectivity index (χ2v) is 9.13. The molecular formula is C21H23Cl3O3. The van der Waals surface area contributed by atoms with Gasteiger partial charge >= 0.3 is 5.97 Å². The number of aryl methyl sites for hydroxylation is 4. The minimum absolute atomic E-state index is 0.378. The molecule has 0 unspecified atom stereocenters. The third-order valence-corrected chi connectivity index (χ3v) is 4.95. The average Bonchev–Trinajstić information content (AvgIpc) is 2.57. The van der Waals surface area contributed by atoms with Crippen LogP contribution in [0.15, 0.2) is 36.4 Å². The molecular weight excluding hydrogens is 407 g/mol. The lowest BCUT2D eigenvalue weighted by molar-refractivity contribution is -0.165. The molecule has 2 aromatic rings. The van der Waals surface area contributed by atoms with Crippen LogP contribution in [0.1, 0.15) is 33.4 Å². The van der Waals surface area contributed by atoms with E-state index in [1.807, 2.05) is 64.1 Å². The van der Waals surface area contributed by atoms with Gasteiger partial charge in [-0.05, 0) is 49.9 Å². The second-order valence-electron chi connectivity index (χ2n) is 6.61. The summed E-state index contributed by atoms with van der Waals surface area (Å²) >= 11 is 17.4. The first-order valence-corrected chi connectivity index (χ1v) is 9.60. The Morgan fingerprint density at radius 2 is 1.22 bits per heavy atom. The molecule has 0 saturated heterocycles. The van der Waals surface area contributed by atoms with Crippen LogP contribution in [0.5, 0.6) is 0 Å². The molecule has 0 amide bonds. The molecule has 2 rings (SSSR count). The van der Waals surface area contributed by atoms with Gasteiger partial charge in [-0.25, -0.2) is 4.79 Å². The number of ether oxygens (including phenoxy) is 2. The zero-order valence-corrected chi connectivity index (χ0v) is 18.3. The van der Waals surface area contributed by atoms with Crippen molar-refractivity contribution in [3.05, 3.63) is 69.8 Å². The van der Waals surface area contributed by atoms with Crippen molar-refractivity contribution < 1.29 is 14.3 Å². The first-order valence-electron chi connectivity index (χ1n) is 8.47. The Kier molecular flexibility index (Phi) is 6.86. The Bertz CT molecular complexity index is 749. The molecule has 0 fully saturated rings. The lowest BCUT2D eigenvalue weighted by Gasteiger charge is -2.36. The first kappa shape index (κ1) is 22.0. The van der Waals surface area contributed by atoms with Crippen molar-refractivity contribution in [3.63, 3.8) is 0 Å². The zero-order valence-electron chi connectivity index (χ0n) is 16.0. The third-order valence-electron chi connectivity index (χ3n) is 4.63. The second kappa shape index (κ2) is 8.40. The summed E-state index contributed by atoms with van der Waals surface area (Å²) in [5.41, 5.74) is 3.63. The molecule has 0 aliphatic carbocycles. The van der Waals surface area contributed by atoms with Gasteiger partial charge in [0.2, 0.25) is 9.39 Å². The molecule has 27 heavy (non-hydrogen) atoms. The maximum atomic E-state index is 13.4. The van der Waals surface area contributed by atoms with Crippen molar-refractivity contribution in [1.29, 1.82) is 0 Å². The van der Waals surface area contributed by atoms with Gasteiger partial charge in [0.15, 0.2) is 0 Å². The topological polar surface area (TPSA) is 35.5 Å². The van der Waals surface area contributed by atoms with Crippen LogP contribution in [0.4, 0.5) is 0 Å². The fourth-order valence-electron chi connectivity index (χ4n) is 3.61. The van der Waals surface area contributed by atoms with Gasteiger partial charge in [0.25, 0.3) is 0 Å². The van der Waals surface area contributed by atoms with Gasteiger partial charge in [0.1, 0.15) is 6.61 Å². The predicted octanol–water partition coefficient (Wildman–Crippen LogP) is 5.72. The molecule has 6 heteroatoms. The van der Waals surface area contributed by atoms with E-state index in [2.05, 4.69) is 0 Å². The van der Waals surface area contributed by atoms with E-state index in [1.54, 1.807) is 0 Å². The molecule has 0 aromatic heterocycles. The molecule has 0 saturated carbocycles. The Balaban J connectivity index is 2.80. The van der Waals surface area contributed by atoms with Gasteiger partial charge in [-0.15, -0.1) is 0 Å². The number of hydrogen-bond acceptors (Lipinski definition) is 3. The number of rotatable bonds is 5. The number of methoxy groups -OCH3 is 1. The van der Waals surface area contributed by atoms with Gasteiger partial charge in [-0.3, -0.25) is 0 Å². The van der Waals surface area contributed by atoms with Gasteiger partial charge in [0, 0.05) is 18.2 Å². The van der Waals surface area contributed by atoms with Crippen molar-refractivity contribution in [2.75, 3.05) is 13.7 Å². The molecule has 0 aliphatic rings. The predicted molar refractivity (Wildman–Crippen MR) is 111 cm³/mol. The Labute approximate surface area is 175 Å². The van der Waals surface area contributed by atoms with Crippen LogP contribution in [-0.4, -0.2) is 23.5 Å². The van der Waals surface area contributed by atoms with Crippen LogP contribution in [0.3, 0.4) is 0 Å². The Morgan fingerprint density at radius 3 is 1.52 bits per heavy atom. The van der Waals surface area contributed by atoms with Crippen LogP contribution >= 0.6 is 34.8 Å². The van der Waals surface area contributed by atoms with E-state index in [0.717, 1.165) is 33.4 Å². The summed E-state index contributed by atoms with van der Waals surface area (Å²) < 4.78 is 9.68. The molecule has 0 bridgehead atoms. The van der Waals surface area contributed by atoms with E-state index in [4.69, 9.17) is 44.3 Å². The molecule has 0 atom stereocenters. The van der Waals surface area contributed by atoms with Crippen LogP contribution in [0.25, 0.3) is 0 Å². The van der Waals surface area contributed by atoms with Crippen molar-refractivity contribution in [3.8, 4) is 0 Å². The minimum atomic E-state index is -1.71. The number of hydrogen-bond donors (Lipinski definition) is 0. The summed E-state index contributed by atoms with van der Waals surface area (Å²) in [6.07, 6.45) is 0. The molecule has 0 spiro atoms. The van der Waals surface area contributed by atoms with Crippen molar-refractivity contribution in [2.45, 2.75) is 37.1 Å².